The predicted molar refractivity (Wildman–Crippen MR) is 78.1 cm³/mol. The Bertz CT molecular complexity index is 176. The smallest absolute Gasteiger partial charge is 0.299 e. The molecule has 0 radical (unpaired) electrons. The van der Waals surface area contributed by atoms with Crippen LogP contribution in [0, 0.1) is 0 Å². The van der Waals surface area contributed by atoms with Crippen molar-refractivity contribution in [3.8, 4) is 0 Å². The molecule has 0 aromatic rings. The van der Waals surface area contributed by atoms with Gasteiger partial charge >= 0.3 is 5.52 Å². The van der Waals surface area contributed by atoms with E-state index in [-0.39, 0.29) is 0 Å². The molecule has 92 valence electrons. The van der Waals surface area contributed by atoms with Crippen LogP contribution < -0.4 is 0 Å². The Labute approximate surface area is 114 Å². The molecule has 1 nitrogen and oxygen atoms in total. The van der Waals surface area contributed by atoms with Crippen LogP contribution in [-0.2, 0) is 0 Å². The van der Waals surface area contributed by atoms with Gasteiger partial charge in [-0.1, -0.05) is 0 Å². The minimum absolute atomic E-state index is 0.514. The van der Waals surface area contributed by atoms with E-state index in [1.807, 2.05) is 0 Å². The van der Waals surface area contributed by atoms with Crippen molar-refractivity contribution in [1.82, 2.24) is 4.90 Å². The molecule has 0 bridgehead atoms. The average molecular weight is 327 g/mol. The topological polar surface area (TPSA) is 3.24 Å². The third-order valence-electron chi connectivity index (χ3n) is 2.32. The van der Waals surface area contributed by atoms with Gasteiger partial charge in [0.25, 0.3) is 0 Å². The Kier molecular flexibility index (Phi) is 7.83. The summed E-state index contributed by atoms with van der Waals surface area (Å²) in [5.74, 6) is 0. The summed E-state index contributed by atoms with van der Waals surface area (Å²) in [6.07, 6.45) is 0. The zero-order valence-electron chi connectivity index (χ0n) is 9.61. The Morgan fingerprint density at radius 1 is 1.07 bits per heavy atom. The molecule has 7 heteroatoms. The van der Waals surface area contributed by atoms with E-state index >= 15 is 0 Å². The van der Waals surface area contributed by atoms with Crippen molar-refractivity contribution in [3.05, 3.63) is 0 Å². The SMILES string of the molecule is CC(C)N(CC[SiH](Cl)[Si](Cl)(Cl)Cl)C(C)C. The molecule has 0 aliphatic rings. The molecule has 0 aliphatic heterocycles. The molecule has 0 N–H and O–H groups in total. The van der Waals surface area contributed by atoms with E-state index in [1.54, 1.807) is 0 Å². The number of rotatable bonds is 6. The number of halogens is 4. The molecule has 0 heterocycles. The standard InChI is InChI=1S/C8H19Cl4NSi2/c1-7(2)13(8(3)4)5-6-14(9)15(10,11)12/h7-8,14H,5-6H2,1-4H3. The van der Waals surface area contributed by atoms with Gasteiger partial charge < -0.3 is 0 Å². The molecule has 0 spiro atoms. The highest BCUT2D eigenvalue weighted by Gasteiger charge is 2.37. The van der Waals surface area contributed by atoms with Crippen LogP contribution in [0.4, 0.5) is 0 Å². The molecule has 15 heavy (non-hydrogen) atoms. The van der Waals surface area contributed by atoms with Gasteiger partial charge in [0.05, 0.1) is 0 Å². The maximum absolute atomic E-state index is 6.19. The van der Waals surface area contributed by atoms with E-state index < -0.39 is 13.1 Å². The van der Waals surface area contributed by atoms with E-state index in [4.69, 9.17) is 44.3 Å². The summed E-state index contributed by atoms with van der Waals surface area (Å²) in [5, 5.41) is 0. The van der Waals surface area contributed by atoms with Crippen LogP contribution in [-0.4, -0.2) is 36.7 Å². The van der Waals surface area contributed by atoms with Crippen molar-refractivity contribution >= 4 is 57.5 Å². The Morgan fingerprint density at radius 3 is 1.73 bits per heavy atom. The lowest BCUT2D eigenvalue weighted by Gasteiger charge is -2.31. The lowest BCUT2D eigenvalue weighted by atomic mass is 10.2. The van der Waals surface area contributed by atoms with E-state index in [2.05, 4.69) is 32.6 Å². The maximum atomic E-state index is 6.19. The van der Waals surface area contributed by atoms with E-state index in [0.717, 1.165) is 12.6 Å². The average Bonchev–Trinajstić information content (AvgIpc) is 2.00. The Balaban J connectivity index is 4.12. The van der Waals surface area contributed by atoms with Crippen molar-refractivity contribution in [3.63, 3.8) is 0 Å². The normalized spacial score (nSPS) is 15.4. The molecule has 0 amide bonds. The minimum Gasteiger partial charge on any atom is -0.299 e. The lowest BCUT2D eigenvalue weighted by Crippen LogP contribution is -2.41. The fourth-order valence-electron chi connectivity index (χ4n) is 1.54. The van der Waals surface area contributed by atoms with Gasteiger partial charge in [0.15, 0.2) is 7.62 Å². The molecule has 0 rings (SSSR count). The van der Waals surface area contributed by atoms with Gasteiger partial charge in [-0.25, -0.2) is 0 Å². The number of hydrogen-bond acceptors (Lipinski definition) is 1. The quantitative estimate of drug-likeness (QED) is 0.530. The van der Waals surface area contributed by atoms with Crippen molar-refractivity contribution in [2.45, 2.75) is 45.8 Å². The van der Waals surface area contributed by atoms with Crippen LogP contribution in [0.5, 0.6) is 0 Å². The van der Waals surface area contributed by atoms with E-state index in [9.17, 15) is 0 Å². The van der Waals surface area contributed by atoms with Crippen LogP contribution in [0.3, 0.4) is 0 Å². The summed E-state index contributed by atoms with van der Waals surface area (Å²) < 4.78 is 0. The van der Waals surface area contributed by atoms with Gasteiger partial charge in [-0.3, -0.25) is 4.90 Å². The first kappa shape index (κ1) is 16.6. The van der Waals surface area contributed by atoms with Gasteiger partial charge in [0, 0.05) is 12.1 Å². The van der Waals surface area contributed by atoms with Crippen molar-refractivity contribution in [2.24, 2.45) is 0 Å². The molecule has 1 unspecified atom stereocenters. The van der Waals surface area contributed by atoms with E-state index in [1.165, 1.54) is 0 Å². The summed E-state index contributed by atoms with van der Waals surface area (Å²) in [7, 11) is -1.66. The van der Waals surface area contributed by atoms with Gasteiger partial charge in [-0.15, -0.1) is 33.2 Å². The van der Waals surface area contributed by atoms with E-state index in [0.29, 0.717) is 12.1 Å². The Morgan fingerprint density at radius 2 is 1.47 bits per heavy atom. The van der Waals surface area contributed by atoms with Gasteiger partial charge in [0.1, 0.15) is 0 Å². The highest BCUT2D eigenvalue weighted by Crippen LogP contribution is 2.28. The molecule has 0 saturated heterocycles. The molecule has 0 saturated carbocycles. The molecule has 0 aromatic heterocycles. The largest absolute Gasteiger partial charge is 0.338 e. The monoisotopic (exact) mass is 325 g/mol. The summed E-state index contributed by atoms with van der Waals surface area (Å²) in [6.45, 7) is 9.65. The van der Waals surface area contributed by atoms with Crippen molar-refractivity contribution in [2.75, 3.05) is 6.54 Å². The number of nitrogens with zero attached hydrogens (tertiary/aromatic N) is 1. The second-order valence-corrected chi connectivity index (χ2v) is 24.6. The van der Waals surface area contributed by atoms with Gasteiger partial charge in [-0.05, 0) is 40.3 Å². The van der Waals surface area contributed by atoms with Gasteiger partial charge in [-0.2, -0.15) is 11.1 Å². The molecule has 0 aliphatic carbocycles. The summed E-state index contributed by atoms with van der Waals surface area (Å²) in [4.78, 5) is 2.38. The summed E-state index contributed by atoms with van der Waals surface area (Å²) >= 11 is 23.9. The molecule has 0 aromatic carbocycles. The minimum atomic E-state index is -2.60. The molecule has 1 atom stereocenters. The van der Waals surface area contributed by atoms with Crippen LogP contribution in [0.25, 0.3) is 0 Å². The first-order valence-electron chi connectivity index (χ1n) is 5.12. The summed E-state index contributed by atoms with van der Waals surface area (Å²) in [6, 6.07) is 1.90. The first-order valence-corrected chi connectivity index (χ1v) is 14.5. The van der Waals surface area contributed by atoms with Crippen LogP contribution in [0.2, 0.25) is 6.04 Å². The van der Waals surface area contributed by atoms with Crippen molar-refractivity contribution in [1.29, 1.82) is 0 Å². The molecular weight excluding hydrogens is 308 g/mol. The van der Waals surface area contributed by atoms with Crippen molar-refractivity contribution < 1.29 is 0 Å². The molecule has 0 fully saturated rings. The molecular formula is C8H19Cl4NSi2. The predicted octanol–water partition coefficient (Wildman–Crippen LogP) is 3.80. The van der Waals surface area contributed by atoms with Crippen LogP contribution in [0.15, 0.2) is 0 Å². The second kappa shape index (κ2) is 7.09. The Hall–Kier alpha value is 1.55. The third-order valence-corrected chi connectivity index (χ3v) is 20.5. The highest BCUT2D eigenvalue weighted by molar-refractivity contribution is 7.91. The first-order chi connectivity index (χ1) is 6.66. The van der Waals surface area contributed by atoms with Crippen LogP contribution >= 0.6 is 44.3 Å². The van der Waals surface area contributed by atoms with Gasteiger partial charge in [0.2, 0.25) is 0 Å². The second-order valence-electron chi connectivity index (χ2n) is 4.22. The number of hydrogen-bond donors (Lipinski definition) is 0. The fraction of sp³-hybridized carbons (Fsp3) is 1.00. The lowest BCUT2D eigenvalue weighted by molar-refractivity contribution is 0.185. The zero-order valence-corrected chi connectivity index (χ0v) is 14.8. The van der Waals surface area contributed by atoms with Crippen LogP contribution in [0.1, 0.15) is 27.7 Å². The third kappa shape index (κ3) is 6.76. The summed E-state index contributed by atoms with van der Waals surface area (Å²) in [5.41, 5.74) is -2.60. The highest BCUT2D eigenvalue weighted by atomic mass is 35.9. The fourth-order valence-corrected chi connectivity index (χ4v) is 7.00. The zero-order chi connectivity index (χ0) is 12.2. The maximum Gasteiger partial charge on any atom is 0.338 e.